The zero-order chi connectivity index (χ0) is 18.8. The van der Waals surface area contributed by atoms with Gasteiger partial charge in [0, 0.05) is 41.4 Å². The number of ketones is 1. The number of likely N-dealkylation sites (tertiary alicyclic amines) is 1. The fourth-order valence-corrected chi connectivity index (χ4v) is 3.69. The second kappa shape index (κ2) is 7.53. The second-order valence-corrected chi connectivity index (χ2v) is 7.35. The van der Waals surface area contributed by atoms with Crippen LogP contribution in [0.1, 0.15) is 18.5 Å². The summed E-state index contributed by atoms with van der Waals surface area (Å²) in [6, 6.07) is 9.34. The molecule has 2 aromatic heterocycles. The Balaban J connectivity index is 1.56. The van der Waals surface area contributed by atoms with Gasteiger partial charge in [0.1, 0.15) is 11.6 Å². The summed E-state index contributed by atoms with van der Waals surface area (Å²) in [5.41, 5.74) is 2.42. The number of rotatable bonds is 4. The molecule has 1 fully saturated rings. The molecule has 5 heteroatoms. The van der Waals surface area contributed by atoms with Gasteiger partial charge >= 0.3 is 0 Å². The van der Waals surface area contributed by atoms with Crippen molar-refractivity contribution in [1.82, 2.24) is 14.9 Å². The fraction of sp³-hybridized carbons (Fsp3) is 0.318. The van der Waals surface area contributed by atoms with Gasteiger partial charge in [0.25, 0.3) is 0 Å². The Bertz CT molecular complexity index is 980. The Kier molecular flexibility index (Phi) is 4.94. The quantitative estimate of drug-likeness (QED) is 0.706. The molecule has 138 valence electrons. The molecule has 1 aliphatic heterocycles. The predicted molar refractivity (Wildman–Crippen MR) is 104 cm³/mol. The summed E-state index contributed by atoms with van der Waals surface area (Å²) in [6.07, 6.45) is 6.88. The lowest BCUT2D eigenvalue weighted by Gasteiger charge is -2.27. The Morgan fingerprint density at radius 3 is 2.67 bits per heavy atom. The molecular formula is C22H22FN3O. The van der Waals surface area contributed by atoms with Crippen LogP contribution in [0.5, 0.6) is 0 Å². The molecule has 0 unspecified atom stereocenters. The topological polar surface area (TPSA) is 46.1 Å². The molecular weight excluding hydrogens is 341 g/mol. The standard InChI is InChI=1S/C22H22FN3O/c1-26-6-4-15(5-7-26)22(27)11-21-10-18-8-16(2-3-17(18)13-25-21)19-9-20(23)14-24-12-19/h2-3,8-10,12-15H,4-7,11H2,1H3. The number of piperidine rings is 1. The van der Waals surface area contributed by atoms with Crippen LogP contribution < -0.4 is 0 Å². The van der Waals surface area contributed by atoms with E-state index in [1.807, 2.05) is 24.3 Å². The number of Topliss-reactive ketones (excluding diaryl/α,β-unsaturated/α-hetero) is 1. The number of pyridine rings is 2. The third-order valence-electron chi connectivity index (χ3n) is 5.35. The van der Waals surface area contributed by atoms with Crippen molar-refractivity contribution < 1.29 is 9.18 Å². The Morgan fingerprint density at radius 2 is 1.89 bits per heavy atom. The minimum Gasteiger partial charge on any atom is -0.306 e. The number of hydrogen-bond donors (Lipinski definition) is 0. The Morgan fingerprint density at radius 1 is 1.07 bits per heavy atom. The average molecular weight is 363 g/mol. The number of carbonyl (C=O) groups is 1. The van der Waals surface area contributed by atoms with Crippen molar-refractivity contribution in [3.8, 4) is 11.1 Å². The van der Waals surface area contributed by atoms with E-state index < -0.39 is 0 Å². The van der Waals surface area contributed by atoms with Crippen LogP contribution in [-0.4, -0.2) is 40.8 Å². The van der Waals surface area contributed by atoms with E-state index in [1.54, 1.807) is 12.4 Å². The summed E-state index contributed by atoms with van der Waals surface area (Å²) >= 11 is 0. The van der Waals surface area contributed by atoms with Crippen molar-refractivity contribution in [3.05, 3.63) is 60.4 Å². The van der Waals surface area contributed by atoms with Crippen LogP contribution in [0, 0.1) is 11.7 Å². The van der Waals surface area contributed by atoms with Gasteiger partial charge in [-0.3, -0.25) is 14.8 Å². The van der Waals surface area contributed by atoms with E-state index in [-0.39, 0.29) is 17.5 Å². The Labute approximate surface area is 158 Å². The van der Waals surface area contributed by atoms with E-state index in [0.717, 1.165) is 53.5 Å². The van der Waals surface area contributed by atoms with Gasteiger partial charge in [-0.1, -0.05) is 12.1 Å². The fourth-order valence-electron chi connectivity index (χ4n) is 3.69. The summed E-state index contributed by atoms with van der Waals surface area (Å²) in [4.78, 5) is 23.3. The summed E-state index contributed by atoms with van der Waals surface area (Å²) in [5, 5.41) is 2.00. The molecule has 0 N–H and O–H groups in total. The summed E-state index contributed by atoms with van der Waals surface area (Å²) in [5.74, 6) is 0.0653. The molecule has 27 heavy (non-hydrogen) atoms. The van der Waals surface area contributed by atoms with Gasteiger partial charge in [-0.05, 0) is 62.1 Å². The number of benzene rings is 1. The third-order valence-corrected chi connectivity index (χ3v) is 5.35. The van der Waals surface area contributed by atoms with Crippen LogP contribution in [0.25, 0.3) is 21.9 Å². The van der Waals surface area contributed by atoms with Crippen molar-refractivity contribution in [2.75, 3.05) is 20.1 Å². The molecule has 0 bridgehead atoms. The monoisotopic (exact) mass is 363 g/mol. The van der Waals surface area contributed by atoms with Crippen LogP contribution in [-0.2, 0) is 11.2 Å². The van der Waals surface area contributed by atoms with E-state index in [4.69, 9.17) is 0 Å². The van der Waals surface area contributed by atoms with E-state index in [9.17, 15) is 9.18 Å². The van der Waals surface area contributed by atoms with Gasteiger partial charge in [0.2, 0.25) is 0 Å². The van der Waals surface area contributed by atoms with E-state index in [0.29, 0.717) is 6.42 Å². The number of aromatic nitrogens is 2. The first-order chi connectivity index (χ1) is 13.1. The molecule has 0 saturated carbocycles. The van der Waals surface area contributed by atoms with Gasteiger partial charge in [-0.25, -0.2) is 4.39 Å². The molecule has 1 saturated heterocycles. The number of halogens is 1. The van der Waals surface area contributed by atoms with Crippen LogP contribution in [0.3, 0.4) is 0 Å². The lowest BCUT2D eigenvalue weighted by molar-refractivity contribution is -0.123. The van der Waals surface area contributed by atoms with Crippen LogP contribution in [0.4, 0.5) is 4.39 Å². The normalized spacial score (nSPS) is 15.9. The van der Waals surface area contributed by atoms with Crippen molar-refractivity contribution >= 4 is 16.6 Å². The minimum atomic E-state index is -0.355. The van der Waals surface area contributed by atoms with Crippen molar-refractivity contribution in [2.45, 2.75) is 19.3 Å². The van der Waals surface area contributed by atoms with E-state index >= 15 is 0 Å². The SMILES string of the molecule is CN1CCC(C(=O)Cc2cc3cc(-c4cncc(F)c4)ccc3cn2)CC1. The lowest BCUT2D eigenvalue weighted by Crippen LogP contribution is -2.34. The predicted octanol–water partition coefficient (Wildman–Crippen LogP) is 3.89. The maximum absolute atomic E-state index is 13.5. The smallest absolute Gasteiger partial charge is 0.142 e. The maximum atomic E-state index is 13.5. The average Bonchev–Trinajstić information content (AvgIpc) is 2.68. The van der Waals surface area contributed by atoms with Crippen molar-refractivity contribution in [2.24, 2.45) is 5.92 Å². The van der Waals surface area contributed by atoms with Crippen LogP contribution in [0.15, 0.2) is 48.9 Å². The lowest BCUT2D eigenvalue weighted by atomic mass is 9.90. The second-order valence-electron chi connectivity index (χ2n) is 7.35. The van der Waals surface area contributed by atoms with E-state index in [2.05, 4.69) is 21.9 Å². The molecule has 0 atom stereocenters. The summed E-state index contributed by atoms with van der Waals surface area (Å²) in [6.45, 7) is 1.96. The highest BCUT2D eigenvalue weighted by Gasteiger charge is 2.23. The van der Waals surface area contributed by atoms with Gasteiger partial charge in [-0.2, -0.15) is 0 Å². The molecule has 3 heterocycles. The first kappa shape index (κ1) is 17.7. The third kappa shape index (κ3) is 4.03. The molecule has 4 rings (SSSR count). The van der Waals surface area contributed by atoms with Crippen LogP contribution in [0.2, 0.25) is 0 Å². The molecule has 0 amide bonds. The number of nitrogens with zero attached hydrogens (tertiary/aromatic N) is 3. The first-order valence-corrected chi connectivity index (χ1v) is 9.29. The molecule has 1 aromatic carbocycles. The summed E-state index contributed by atoms with van der Waals surface area (Å²) < 4.78 is 13.5. The van der Waals surface area contributed by atoms with Gasteiger partial charge in [-0.15, -0.1) is 0 Å². The first-order valence-electron chi connectivity index (χ1n) is 9.29. The molecule has 3 aromatic rings. The number of fused-ring (bicyclic) bond motifs is 1. The molecule has 0 radical (unpaired) electrons. The molecule has 4 nitrogen and oxygen atoms in total. The highest BCUT2D eigenvalue weighted by molar-refractivity contribution is 5.88. The van der Waals surface area contributed by atoms with Crippen LogP contribution >= 0.6 is 0 Å². The number of hydrogen-bond acceptors (Lipinski definition) is 4. The highest BCUT2D eigenvalue weighted by atomic mass is 19.1. The van der Waals surface area contributed by atoms with Gasteiger partial charge in [0.15, 0.2) is 0 Å². The maximum Gasteiger partial charge on any atom is 0.142 e. The number of carbonyl (C=O) groups excluding carboxylic acids is 1. The zero-order valence-corrected chi connectivity index (χ0v) is 15.4. The van der Waals surface area contributed by atoms with E-state index in [1.165, 1.54) is 12.3 Å². The van der Waals surface area contributed by atoms with Gasteiger partial charge in [0.05, 0.1) is 6.20 Å². The molecule has 1 aliphatic rings. The highest BCUT2D eigenvalue weighted by Crippen LogP contribution is 2.25. The minimum absolute atomic E-state index is 0.142. The Hall–Kier alpha value is -2.66. The van der Waals surface area contributed by atoms with Gasteiger partial charge < -0.3 is 4.90 Å². The molecule has 0 spiro atoms. The van der Waals surface area contributed by atoms with Crippen molar-refractivity contribution in [3.63, 3.8) is 0 Å². The molecule has 0 aliphatic carbocycles. The largest absolute Gasteiger partial charge is 0.306 e. The summed E-state index contributed by atoms with van der Waals surface area (Å²) in [7, 11) is 2.09. The zero-order valence-electron chi connectivity index (χ0n) is 15.4. The van der Waals surface area contributed by atoms with Crippen molar-refractivity contribution in [1.29, 1.82) is 0 Å².